The van der Waals surface area contributed by atoms with Gasteiger partial charge in [0.1, 0.15) is 11.4 Å². The lowest BCUT2D eigenvalue weighted by Crippen LogP contribution is -2.41. The predicted molar refractivity (Wildman–Crippen MR) is 71.6 cm³/mol. The molecule has 2 rings (SSSR count). The standard InChI is InChI=1S/C12H16N4O3/c13-9-4-1-5-10(11(9)16(18)19)15-6-2-3-8(7-15)12(14)17/h1,4-5,8H,2-3,6-7,13H2,(H2,14,17). The van der Waals surface area contributed by atoms with Crippen LogP contribution in [0.4, 0.5) is 17.1 Å². The summed E-state index contributed by atoms with van der Waals surface area (Å²) in [5, 5.41) is 11.1. The van der Waals surface area contributed by atoms with E-state index in [9.17, 15) is 14.9 Å². The fraction of sp³-hybridized carbons (Fsp3) is 0.417. The number of carbonyl (C=O) groups excluding carboxylic acids is 1. The van der Waals surface area contributed by atoms with Gasteiger partial charge in [-0.25, -0.2) is 0 Å². The highest BCUT2D eigenvalue weighted by Crippen LogP contribution is 2.35. The van der Waals surface area contributed by atoms with E-state index in [1.165, 1.54) is 6.07 Å². The normalized spacial score (nSPS) is 19.2. The highest BCUT2D eigenvalue weighted by atomic mass is 16.6. The van der Waals surface area contributed by atoms with E-state index in [1.54, 1.807) is 12.1 Å². The second-order valence-electron chi connectivity index (χ2n) is 4.66. The van der Waals surface area contributed by atoms with Gasteiger partial charge in [-0.2, -0.15) is 0 Å². The number of nitrogens with zero attached hydrogens (tertiary/aromatic N) is 2. The minimum Gasteiger partial charge on any atom is -0.393 e. The van der Waals surface area contributed by atoms with Crippen LogP contribution in [0.2, 0.25) is 0 Å². The summed E-state index contributed by atoms with van der Waals surface area (Å²) in [5.41, 5.74) is 11.5. The van der Waals surface area contributed by atoms with Gasteiger partial charge in [-0.3, -0.25) is 14.9 Å². The van der Waals surface area contributed by atoms with Gasteiger partial charge in [0.15, 0.2) is 0 Å². The number of nitrogen functional groups attached to an aromatic ring is 1. The van der Waals surface area contributed by atoms with Crippen LogP contribution in [-0.2, 0) is 4.79 Å². The number of nitro benzene ring substituents is 1. The average molecular weight is 264 g/mol. The Morgan fingerprint density at radius 2 is 2.21 bits per heavy atom. The molecule has 1 amide bonds. The maximum Gasteiger partial charge on any atom is 0.315 e. The second-order valence-corrected chi connectivity index (χ2v) is 4.66. The lowest BCUT2D eigenvalue weighted by molar-refractivity contribution is -0.383. The fourth-order valence-corrected chi connectivity index (χ4v) is 2.43. The molecule has 7 nitrogen and oxygen atoms in total. The number of piperidine rings is 1. The summed E-state index contributed by atoms with van der Waals surface area (Å²) < 4.78 is 0. The van der Waals surface area contributed by atoms with Crippen molar-refractivity contribution in [1.82, 2.24) is 0 Å². The molecule has 7 heteroatoms. The van der Waals surface area contributed by atoms with E-state index in [2.05, 4.69) is 0 Å². The number of nitrogens with two attached hydrogens (primary N) is 2. The Morgan fingerprint density at radius 3 is 2.84 bits per heavy atom. The first-order chi connectivity index (χ1) is 9.00. The van der Waals surface area contributed by atoms with Crippen molar-refractivity contribution in [3.8, 4) is 0 Å². The van der Waals surface area contributed by atoms with E-state index in [0.29, 0.717) is 18.8 Å². The minimum absolute atomic E-state index is 0.104. The third kappa shape index (κ3) is 2.59. The molecule has 1 aliphatic rings. The molecule has 4 N–H and O–H groups in total. The molecule has 1 fully saturated rings. The third-order valence-corrected chi connectivity index (χ3v) is 3.39. The Bertz CT molecular complexity index is 518. The molecule has 0 radical (unpaired) electrons. The zero-order valence-electron chi connectivity index (χ0n) is 10.4. The second kappa shape index (κ2) is 5.13. The lowest BCUT2D eigenvalue weighted by Gasteiger charge is -2.32. The quantitative estimate of drug-likeness (QED) is 0.477. The van der Waals surface area contributed by atoms with Gasteiger partial charge >= 0.3 is 5.69 Å². The van der Waals surface area contributed by atoms with E-state index in [0.717, 1.165) is 12.8 Å². The van der Waals surface area contributed by atoms with Gasteiger partial charge in [0.2, 0.25) is 5.91 Å². The Kier molecular flexibility index (Phi) is 3.55. The van der Waals surface area contributed by atoms with Gasteiger partial charge in [0, 0.05) is 13.1 Å². The average Bonchev–Trinajstić information content (AvgIpc) is 2.38. The summed E-state index contributed by atoms with van der Waals surface area (Å²) >= 11 is 0. The van der Waals surface area contributed by atoms with Crippen molar-refractivity contribution in [3.63, 3.8) is 0 Å². The van der Waals surface area contributed by atoms with Gasteiger partial charge in [0.05, 0.1) is 10.8 Å². The van der Waals surface area contributed by atoms with Crippen LogP contribution >= 0.6 is 0 Å². The molecular weight excluding hydrogens is 248 g/mol. The maximum atomic E-state index is 11.3. The number of hydrogen-bond acceptors (Lipinski definition) is 5. The van der Waals surface area contributed by atoms with E-state index < -0.39 is 4.92 Å². The highest BCUT2D eigenvalue weighted by molar-refractivity contribution is 5.79. The first-order valence-corrected chi connectivity index (χ1v) is 6.08. The van der Waals surface area contributed by atoms with Crippen molar-refractivity contribution in [1.29, 1.82) is 0 Å². The Hall–Kier alpha value is -2.31. The number of hydrogen-bond donors (Lipinski definition) is 2. The molecule has 0 bridgehead atoms. The van der Waals surface area contributed by atoms with Crippen LogP contribution in [0.3, 0.4) is 0 Å². The van der Waals surface area contributed by atoms with Crippen LogP contribution < -0.4 is 16.4 Å². The molecular formula is C12H16N4O3. The van der Waals surface area contributed by atoms with Crippen LogP contribution in [-0.4, -0.2) is 23.9 Å². The van der Waals surface area contributed by atoms with Gasteiger partial charge < -0.3 is 16.4 Å². The van der Waals surface area contributed by atoms with Gasteiger partial charge in [0.25, 0.3) is 0 Å². The molecule has 0 aromatic heterocycles. The van der Waals surface area contributed by atoms with Crippen LogP contribution in [0.5, 0.6) is 0 Å². The predicted octanol–water partition coefficient (Wildman–Crippen LogP) is 0.879. The van der Waals surface area contributed by atoms with Gasteiger partial charge in [-0.05, 0) is 25.0 Å². The van der Waals surface area contributed by atoms with Crippen molar-refractivity contribution in [3.05, 3.63) is 28.3 Å². The SMILES string of the molecule is NC(=O)C1CCCN(c2cccc(N)c2[N+](=O)[O-])C1. The van der Waals surface area contributed by atoms with Crippen molar-refractivity contribution < 1.29 is 9.72 Å². The van der Waals surface area contributed by atoms with E-state index in [1.807, 2.05) is 4.90 Å². The molecule has 1 heterocycles. The summed E-state index contributed by atoms with van der Waals surface area (Å²) in [5.74, 6) is -0.633. The molecule has 0 spiro atoms. The zero-order valence-corrected chi connectivity index (χ0v) is 10.4. The smallest absolute Gasteiger partial charge is 0.315 e. The molecule has 0 aliphatic carbocycles. The van der Waals surface area contributed by atoms with Gasteiger partial charge in [-0.1, -0.05) is 6.07 Å². The van der Waals surface area contributed by atoms with Crippen LogP contribution in [0.25, 0.3) is 0 Å². The number of benzene rings is 1. The first kappa shape index (κ1) is 13.1. The minimum atomic E-state index is -0.488. The molecule has 1 aromatic rings. The van der Waals surface area contributed by atoms with Crippen molar-refractivity contribution in [2.24, 2.45) is 11.7 Å². The maximum absolute atomic E-state index is 11.3. The summed E-state index contributed by atoms with van der Waals surface area (Å²) in [7, 11) is 0. The fourth-order valence-electron chi connectivity index (χ4n) is 2.43. The van der Waals surface area contributed by atoms with E-state index >= 15 is 0 Å². The summed E-state index contributed by atoms with van der Waals surface area (Å²) in [6.07, 6.45) is 1.50. The molecule has 1 aliphatic heterocycles. The van der Waals surface area contributed by atoms with Crippen molar-refractivity contribution in [2.45, 2.75) is 12.8 Å². The number of anilines is 2. The third-order valence-electron chi connectivity index (χ3n) is 3.39. The van der Waals surface area contributed by atoms with Crippen molar-refractivity contribution >= 4 is 23.0 Å². The molecule has 1 saturated heterocycles. The number of para-hydroxylation sites is 1. The van der Waals surface area contributed by atoms with Crippen molar-refractivity contribution in [2.75, 3.05) is 23.7 Å². The molecule has 1 unspecified atom stereocenters. The molecule has 102 valence electrons. The monoisotopic (exact) mass is 264 g/mol. The highest BCUT2D eigenvalue weighted by Gasteiger charge is 2.29. The van der Waals surface area contributed by atoms with Gasteiger partial charge in [-0.15, -0.1) is 0 Å². The molecule has 19 heavy (non-hydrogen) atoms. The molecule has 1 aromatic carbocycles. The van der Waals surface area contributed by atoms with Crippen LogP contribution in [0.15, 0.2) is 18.2 Å². The number of nitro groups is 1. The Labute approximate surface area is 110 Å². The summed E-state index contributed by atoms with van der Waals surface area (Å²) in [6, 6.07) is 4.82. The first-order valence-electron chi connectivity index (χ1n) is 6.08. The zero-order chi connectivity index (χ0) is 14.0. The largest absolute Gasteiger partial charge is 0.393 e. The van der Waals surface area contributed by atoms with Crippen LogP contribution in [0.1, 0.15) is 12.8 Å². The topological polar surface area (TPSA) is 115 Å². The summed E-state index contributed by atoms with van der Waals surface area (Å²) in [6.45, 7) is 1.06. The number of amides is 1. The number of primary amides is 1. The number of rotatable bonds is 3. The molecule has 1 atom stereocenters. The number of carbonyl (C=O) groups is 1. The Morgan fingerprint density at radius 1 is 1.47 bits per heavy atom. The van der Waals surface area contributed by atoms with E-state index in [-0.39, 0.29) is 23.2 Å². The molecule has 0 saturated carbocycles. The summed E-state index contributed by atoms with van der Waals surface area (Å²) in [4.78, 5) is 23.7. The van der Waals surface area contributed by atoms with Crippen LogP contribution in [0, 0.1) is 16.0 Å². The van der Waals surface area contributed by atoms with E-state index in [4.69, 9.17) is 11.5 Å². The lowest BCUT2D eigenvalue weighted by atomic mass is 9.97. The Balaban J connectivity index is 2.34.